The van der Waals surface area contributed by atoms with Crippen molar-refractivity contribution in [2.45, 2.75) is 12.7 Å². The standard InChI is InChI=1S/C17H16ClF3N4O2/c18-14(23-10-11-5-2-1-3-6-11)15(27-22)25-16(26)24-13-8-4-7-12(9-13)17(19,20)21/h1-9,23H,10,22H2,(H2,24,25,26)/b15-14-. The molecule has 6 nitrogen and oxygen atoms in total. The molecule has 10 heteroatoms. The van der Waals surface area contributed by atoms with Crippen molar-refractivity contribution >= 4 is 23.3 Å². The van der Waals surface area contributed by atoms with Gasteiger partial charge in [0.05, 0.1) is 5.56 Å². The molecule has 2 aromatic carbocycles. The Hall–Kier alpha value is -2.91. The highest BCUT2D eigenvalue weighted by Crippen LogP contribution is 2.30. The van der Waals surface area contributed by atoms with Gasteiger partial charge in [-0.1, -0.05) is 48.0 Å². The van der Waals surface area contributed by atoms with E-state index in [9.17, 15) is 18.0 Å². The first-order valence-electron chi connectivity index (χ1n) is 7.59. The molecule has 144 valence electrons. The van der Waals surface area contributed by atoms with E-state index in [1.807, 2.05) is 30.3 Å². The van der Waals surface area contributed by atoms with Crippen LogP contribution in [-0.2, 0) is 17.6 Å². The summed E-state index contributed by atoms with van der Waals surface area (Å²) in [7, 11) is 0. The molecule has 2 amide bonds. The third kappa shape index (κ3) is 6.39. The van der Waals surface area contributed by atoms with Crippen LogP contribution in [0.5, 0.6) is 0 Å². The maximum Gasteiger partial charge on any atom is 0.416 e. The Balaban J connectivity index is 1.99. The number of amides is 2. The molecule has 0 saturated carbocycles. The van der Waals surface area contributed by atoms with Crippen molar-refractivity contribution in [3.63, 3.8) is 0 Å². The number of urea groups is 1. The minimum atomic E-state index is -4.52. The SMILES string of the molecule is NO/C(NC(=O)Nc1cccc(C(F)(F)F)c1)=C(/Cl)NCc1ccccc1. The van der Waals surface area contributed by atoms with Crippen molar-refractivity contribution in [2.24, 2.45) is 5.90 Å². The van der Waals surface area contributed by atoms with E-state index < -0.39 is 17.8 Å². The lowest BCUT2D eigenvalue weighted by atomic mass is 10.2. The third-order valence-electron chi connectivity index (χ3n) is 3.28. The maximum atomic E-state index is 12.7. The van der Waals surface area contributed by atoms with Crippen LogP contribution in [0.2, 0.25) is 0 Å². The summed E-state index contributed by atoms with van der Waals surface area (Å²) in [6.07, 6.45) is -4.52. The molecular formula is C17H16ClF3N4O2. The monoisotopic (exact) mass is 400 g/mol. The zero-order valence-electron chi connectivity index (χ0n) is 13.8. The van der Waals surface area contributed by atoms with E-state index in [1.165, 1.54) is 12.1 Å². The summed E-state index contributed by atoms with van der Waals surface area (Å²) in [6.45, 7) is 0.337. The lowest BCUT2D eigenvalue weighted by Crippen LogP contribution is -2.32. The number of hydrogen-bond acceptors (Lipinski definition) is 4. The number of benzene rings is 2. The minimum Gasteiger partial charge on any atom is -0.390 e. The molecular weight excluding hydrogens is 385 g/mol. The van der Waals surface area contributed by atoms with Crippen molar-refractivity contribution in [3.8, 4) is 0 Å². The summed E-state index contributed by atoms with van der Waals surface area (Å²) < 4.78 is 38.1. The molecule has 27 heavy (non-hydrogen) atoms. The smallest absolute Gasteiger partial charge is 0.390 e. The van der Waals surface area contributed by atoms with Crippen molar-refractivity contribution in [1.29, 1.82) is 0 Å². The predicted octanol–water partition coefficient (Wildman–Crippen LogP) is 3.87. The molecule has 0 heterocycles. The summed E-state index contributed by atoms with van der Waals surface area (Å²) in [4.78, 5) is 16.5. The van der Waals surface area contributed by atoms with Gasteiger partial charge in [0.25, 0.3) is 5.88 Å². The lowest BCUT2D eigenvalue weighted by Gasteiger charge is -2.13. The fourth-order valence-electron chi connectivity index (χ4n) is 2.03. The van der Waals surface area contributed by atoms with Crippen LogP contribution in [0.1, 0.15) is 11.1 Å². The lowest BCUT2D eigenvalue weighted by molar-refractivity contribution is -0.137. The number of hydrogen-bond donors (Lipinski definition) is 4. The normalized spacial score (nSPS) is 12.0. The summed E-state index contributed by atoms with van der Waals surface area (Å²) in [5, 5.41) is 7.17. The summed E-state index contributed by atoms with van der Waals surface area (Å²) >= 11 is 6.00. The Bertz CT molecular complexity index is 813. The van der Waals surface area contributed by atoms with Crippen LogP contribution < -0.4 is 21.8 Å². The Morgan fingerprint density at radius 2 is 1.81 bits per heavy atom. The van der Waals surface area contributed by atoms with E-state index >= 15 is 0 Å². The van der Waals surface area contributed by atoms with Crippen molar-refractivity contribution in [2.75, 3.05) is 5.32 Å². The molecule has 2 aromatic rings. The number of alkyl halides is 3. The predicted molar refractivity (Wildman–Crippen MR) is 95.0 cm³/mol. The van der Waals surface area contributed by atoms with E-state index in [0.717, 1.165) is 17.7 Å². The number of carbonyl (C=O) groups excluding carboxylic acids is 1. The van der Waals surface area contributed by atoms with Gasteiger partial charge in [-0.15, -0.1) is 0 Å². The highest BCUT2D eigenvalue weighted by Gasteiger charge is 2.30. The number of rotatable bonds is 6. The maximum absolute atomic E-state index is 12.7. The van der Waals surface area contributed by atoms with Gasteiger partial charge >= 0.3 is 12.2 Å². The van der Waals surface area contributed by atoms with Crippen molar-refractivity contribution in [1.82, 2.24) is 10.6 Å². The average Bonchev–Trinajstić information content (AvgIpc) is 2.64. The van der Waals surface area contributed by atoms with Gasteiger partial charge in [0.1, 0.15) is 0 Å². The van der Waals surface area contributed by atoms with Crippen molar-refractivity contribution < 1.29 is 22.8 Å². The first-order valence-corrected chi connectivity index (χ1v) is 7.97. The van der Waals surface area contributed by atoms with Gasteiger partial charge in [-0.05, 0) is 23.8 Å². The molecule has 0 radical (unpaired) electrons. The van der Waals surface area contributed by atoms with Gasteiger partial charge in [0.2, 0.25) is 0 Å². The van der Waals surface area contributed by atoms with Gasteiger partial charge in [-0.25, -0.2) is 4.79 Å². The molecule has 0 aliphatic carbocycles. The van der Waals surface area contributed by atoms with E-state index in [0.29, 0.717) is 6.54 Å². The second-order valence-corrected chi connectivity index (χ2v) is 5.64. The topological polar surface area (TPSA) is 88.4 Å². The van der Waals surface area contributed by atoms with E-state index in [4.69, 9.17) is 17.5 Å². The second kappa shape index (κ2) is 9.15. The van der Waals surface area contributed by atoms with Crippen LogP contribution in [0.3, 0.4) is 0 Å². The minimum absolute atomic E-state index is 0.0629. The highest BCUT2D eigenvalue weighted by atomic mass is 35.5. The van der Waals surface area contributed by atoms with Crippen LogP contribution >= 0.6 is 11.6 Å². The van der Waals surface area contributed by atoms with Crippen LogP contribution in [0.25, 0.3) is 0 Å². The van der Waals surface area contributed by atoms with Gasteiger partial charge in [0.15, 0.2) is 5.16 Å². The second-order valence-electron chi connectivity index (χ2n) is 5.26. The van der Waals surface area contributed by atoms with Gasteiger partial charge in [0, 0.05) is 12.2 Å². The Morgan fingerprint density at radius 1 is 1.11 bits per heavy atom. The molecule has 0 bridgehead atoms. The molecule has 0 aliphatic heterocycles. The molecule has 0 unspecified atom stereocenters. The highest BCUT2D eigenvalue weighted by molar-refractivity contribution is 6.29. The molecule has 0 spiro atoms. The molecule has 0 fully saturated rings. The van der Waals surface area contributed by atoms with Crippen LogP contribution in [0.15, 0.2) is 65.6 Å². The molecule has 0 aromatic heterocycles. The summed E-state index contributed by atoms with van der Waals surface area (Å²) in [6, 6.07) is 12.5. The Labute approximate surface area is 158 Å². The van der Waals surface area contributed by atoms with Gasteiger partial charge in [-0.2, -0.15) is 19.1 Å². The number of halogens is 4. The number of carbonyl (C=O) groups is 1. The number of nitrogens with one attached hydrogen (secondary N) is 3. The van der Waals surface area contributed by atoms with Gasteiger partial charge < -0.3 is 15.5 Å². The average molecular weight is 401 g/mol. The number of nitrogens with two attached hydrogens (primary N) is 1. The van der Waals surface area contributed by atoms with E-state index in [-0.39, 0.29) is 16.7 Å². The molecule has 0 atom stereocenters. The molecule has 2 rings (SSSR count). The fourth-order valence-corrected chi connectivity index (χ4v) is 2.19. The zero-order chi connectivity index (χ0) is 19.9. The van der Waals surface area contributed by atoms with E-state index in [1.54, 1.807) is 0 Å². The Kier molecular flexibility index (Phi) is 6.91. The quantitative estimate of drug-likeness (QED) is 0.337. The Morgan fingerprint density at radius 3 is 2.44 bits per heavy atom. The van der Waals surface area contributed by atoms with Crippen LogP contribution in [0.4, 0.5) is 23.7 Å². The van der Waals surface area contributed by atoms with E-state index in [2.05, 4.69) is 20.8 Å². The zero-order valence-corrected chi connectivity index (χ0v) is 14.6. The summed E-state index contributed by atoms with van der Waals surface area (Å²) in [5.41, 5.74) is -0.0406. The first-order chi connectivity index (χ1) is 12.8. The van der Waals surface area contributed by atoms with Crippen LogP contribution in [0, 0.1) is 0 Å². The van der Waals surface area contributed by atoms with Gasteiger partial charge in [-0.3, -0.25) is 5.32 Å². The third-order valence-corrected chi connectivity index (χ3v) is 3.59. The molecule has 5 N–H and O–H groups in total. The van der Waals surface area contributed by atoms with Crippen molar-refractivity contribution in [3.05, 3.63) is 76.8 Å². The first kappa shape index (κ1) is 20.4. The fraction of sp³-hybridized carbons (Fsp3) is 0.118. The largest absolute Gasteiger partial charge is 0.416 e. The number of anilines is 1. The molecule has 0 aliphatic rings. The van der Waals surface area contributed by atoms with Crippen LogP contribution in [-0.4, -0.2) is 6.03 Å². The molecule has 0 saturated heterocycles. The summed E-state index contributed by atoms with van der Waals surface area (Å²) in [5.74, 6) is 4.80.